The second-order valence-corrected chi connectivity index (χ2v) is 4.21. The van der Waals surface area contributed by atoms with E-state index in [0.29, 0.717) is 0 Å². The van der Waals surface area contributed by atoms with Gasteiger partial charge in [-0.05, 0) is 25.3 Å². The first-order valence-electron chi connectivity index (χ1n) is 5.51. The molecule has 1 aliphatic rings. The second-order valence-electron chi connectivity index (χ2n) is 4.21. The van der Waals surface area contributed by atoms with Gasteiger partial charge >= 0.3 is 0 Å². The van der Waals surface area contributed by atoms with Crippen molar-refractivity contribution in [3.63, 3.8) is 0 Å². The highest BCUT2D eigenvalue weighted by Crippen LogP contribution is 2.15. The van der Waals surface area contributed by atoms with E-state index in [1.165, 1.54) is 0 Å². The monoisotopic (exact) mass is 229 g/mol. The van der Waals surface area contributed by atoms with Gasteiger partial charge in [-0.1, -0.05) is 6.92 Å². The van der Waals surface area contributed by atoms with Crippen LogP contribution in [0.1, 0.15) is 19.8 Å². The third kappa shape index (κ3) is 3.46. The summed E-state index contributed by atoms with van der Waals surface area (Å²) in [5, 5.41) is 14.8. The summed E-state index contributed by atoms with van der Waals surface area (Å²) in [5.41, 5.74) is 4.87. The SMILES string of the molecule is CC1CCCNC1C(=O)NCC(O)C(N)=O. The van der Waals surface area contributed by atoms with E-state index in [9.17, 15) is 9.59 Å². The Morgan fingerprint density at radius 2 is 2.31 bits per heavy atom. The number of hydrogen-bond acceptors (Lipinski definition) is 4. The van der Waals surface area contributed by atoms with Crippen LogP contribution in [0.25, 0.3) is 0 Å². The van der Waals surface area contributed by atoms with Crippen molar-refractivity contribution in [2.45, 2.75) is 31.9 Å². The van der Waals surface area contributed by atoms with E-state index in [0.717, 1.165) is 19.4 Å². The molecule has 3 unspecified atom stereocenters. The van der Waals surface area contributed by atoms with Gasteiger partial charge in [0.1, 0.15) is 6.10 Å². The predicted octanol–water partition coefficient (Wildman–Crippen LogP) is -1.66. The lowest BCUT2D eigenvalue weighted by atomic mass is 9.92. The molecule has 1 rings (SSSR count). The van der Waals surface area contributed by atoms with Crippen molar-refractivity contribution < 1.29 is 14.7 Å². The smallest absolute Gasteiger partial charge is 0.248 e. The molecule has 2 amide bonds. The molecule has 6 heteroatoms. The molecule has 0 spiro atoms. The average Bonchev–Trinajstić information content (AvgIpc) is 2.25. The summed E-state index contributed by atoms with van der Waals surface area (Å²) < 4.78 is 0. The Hall–Kier alpha value is -1.14. The van der Waals surface area contributed by atoms with Gasteiger partial charge < -0.3 is 21.5 Å². The molecular formula is C10H19N3O3. The molecule has 92 valence electrons. The first-order chi connectivity index (χ1) is 7.52. The quantitative estimate of drug-likeness (QED) is 0.463. The Morgan fingerprint density at radius 3 is 2.88 bits per heavy atom. The summed E-state index contributed by atoms with van der Waals surface area (Å²) in [6, 6.07) is -0.242. The van der Waals surface area contributed by atoms with Gasteiger partial charge in [-0.15, -0.1) is 0 Å². The third-order valence-corrected chi connectivity index (χ3v) is 2.85. The van der Waals surface area contributed by atoms with Crippen molar-refractivity contribution in [3.8, 4) is 0 Å². The second kappa shape index (κ2) is 5.81. The topological polar surface area (TPSA) is 104 Å². The fraction of sp³-hybridized carbons (Fsp3) is 0.800. The fourth-order valence-corrected chi connectivity index (χ4v) is 1.81. The van der Waals surface area contributed by atoms with E-state index in [1.807, 2.05) is 6.92 Å². The molecule has 0 aromatic heterocycles. The number of primary amides is 1. The fourth-order valence-electron chi connectivity index (χ4n) is 1.81. The van der Waals surface area contributed by atoms with E-state index in [4.69, 9.17) is 10.8 Å². The van der Waals surface area contributed by atoms with Crippen LogP contribution in [0, 0.1) is 5.92 Å². The Bertz CT molecular complexity index is 270. The van der Waals surface area contributed by atoms with Gasteiger partial charge in [0.2, 0.25) is 11.8 Å². The van der Waals surface area contributed by atoms with Crippen LogP contribution < -0.4 is 16.4 Å². The standard InChI is InChI=1S/C10H19N3O3/c1-6-3-2-4-12-8(6)10(16)13-5-7(14)9(11)15/h6-8,12,14H,2-5H2,1H3,(H2,11,15)(H,13,16). The predicted molar refractivity (Wildman–Crippen MR) is 58.4 cm³/mol. The number of aliphatic hydroxyl groups is 1. The van der Waals surface area contributed by atoms with Crippen molar-refractivity contribution in [2.75, 3.05) is 13.1 Å². The molecule has 6 nitrogen and oxygen atoms in total. The number of amides is 2. The summed E-state index contributed by atoms with van der Waals surface area (Å²) in [7, 11) is 0. The van der Waals surface area contributed by atoms with Gasteiger partial charge in [0, 0.05) is 0 Å². The van der Waals surface area contributed by atoms with Crippen molar-refractivity contribution >= 4 is 11.8 Å². The normalized spacial score (nSPS) is 27.1. The number of rotatable bonds is 4. The molecule has 1 fully saturated rings. The molecule has 1 heterocycles. The van der Waals surface area contributed by atoms with Crippen molar-refractivity contribution in [3.05, 3.63) is 0 Å². The summed E-state index contributed by atoms with van der Waals surface area (Å²) in [6.07, 6.45) is 0.751. The Morgan fingerprint density at radius 1 is 1.62 bits per heavy atom. The number of carbonyl (C=O) groups excluding carboxylic acids is 2. The van der Waals surface area contributed by atoms with E-state index in [1.54, 1.807) is 0 Å². The third-order valence-electron chi connectivity index (χ3n) is 2.85. The molecule has 3 atom stereocenters. The van der Waals surface area contributed by atoms with Crippen LogP contribution in [0.15, 0.2) is 0 Å². The zero-order valence-corrected chi connectivity index (χ0v) is 9.40. The van der Waals surface area contributed by atoms with Gasteiger partial charge in [0.25, 0.3) is 0 Å². The molecule has 0 aromatic rings. The van der Waals surface area contributed by atoms with Crippen LogP contribution in [0.3, 0.4) is 0 Å². The average molecular weight is 229 g/mol. The van der Waals surface area contributed by atoms with Gasteiger partial charge in [-0.25, -0.2) is 0 Å². The van der Waals surface area contributed by atoms with E-state index >= 15 is 0 Å². The molecule has 5 N–H and O–H groups in total. The molecule has 0 radical (unpaired) electrons. The molecule has 0 saturated carbocycles. The highest BCUT2D eigenvalue weighted by molar-refractivity contribution is 5.84. The van der Waals surface area contributed by atoms with Gasteiger partial charge in [0.15, 0.2) is 0 Å². The van der Waals surface area contributed by atoms with Crippen LogP contribution in [-0.2, 0) is 9.59 Å². The molecule has 1 aliphatic heterocycles. The molecule has 16 heavy (non-hydrogen) atoms. The first kappa shape index (κ1) is 12.9. The maximum absolute atomic E-state index is 11.7. The Balaban J connectivity index is 2.36. The first-order valence-corrected chi connectivity index (χ1v) is 5.51. The number of nitrogens with two attached hydrogens (primary N) is 1. The lowest BCUT2D eigenvalue weighted by Crippen LogP contribution is -2.52. The molecule has 0 aliphatic carbocycles. The number of carbonyl (C=O) groups is 2. The minimum absolute atomic E-state index is 0.126. The van der Waals surface area contributed by atoms with Crippen molar-refractivity contribution in [1.29, 1.82) is 0 Å². The lowest BCUT2D eigenvalue weighted by Gasteiger charge is -2.29. The summed E-state index contributed by atoms with van der Waals surface area (Å²) in [6.45, 7) is 2.70. The number of aliphatic hydroxyl groups excluding tert-OH is 1. The van der Waals surface area contributed by atoms with Crippen LogP contribution in [0.2, 0.25) is 0 Å². The lowest BCUT2D eigenvalue weighted by molar-refractivity contribution is -0.128. The summed E-state index contributed by atoms with van der Waals surface area (Å²) >= 11 is 0. The van der Waals surface area contributed by atoms with Crippen LogP contribution in [-0.4, -0.2) is 42.2 Å². The minimum atomic E-state index is -1.32. The zero-order chi connectivity index (χ0) is 12.1. The van der Waals surface area contributed by atoms with Gasteiger partial charge in [-0.3, -0.25) is 9.59 Å². The van der Waals surface area contributed by atoms with Crippen molar-refractivity contribution in [1.82, 2.24) is 10.6 Å². The Kier molecular flexibility index (Phi) is 4.70. The number of piperidine rings is 1. The van der Waals surface area contributed by atoms with Gasteiger partial charge in [0.05, 0.1) is 12.6 Å². The van der Waals surface area contributed by atoms with E-state index < -0.39 is 12.0 Å². The molecule has 1 saturated heterocycles. The van der Waals surface area contributed by atoms with E-state index in [-0.39, 0.29) is 24.4 Å². The maximum Gasteiger partial charge on any atom is 0.248 e. The largest absolute Gasteiger partial charge is 0.381 e. The molecule has 0 aromatic carbocycles. The summed E-state index contributed by atoms with van der Waals surface area (Å²) in [4.78, 5) is 22.3. The highest BCUT2D eigenvalue weighted by Gasteiger charge is 2.27. The minimum Gasteiger partial charge on any atom is -0.381 e. The Labute approximate surface area is 94.6 Å². The number of hydrogen-bond donors (Lipinski definition) is 4. The highest BCUT2D eigenvalue weighted by atomic mass is 16.3. The van der Waals surface area contributed by atoms with E-state index in [2.05, 4.69) is 10.6 Å². The van der Waals surface area contributed by atoms with Crippen molar-refractivity contribution in [2.24, 2.45) is 11.7 Å². The number of nitrogens with one attached hydrogen (secondary N) is 2. The summed E-state index contributed by atoms with van der Waals surface area (Å²) in [5.74, 6) is -0.753. The molecule has 0 bridgehead atoms. The zero-order valence-electron chi connectivity index (χ0n) is 9.40. The van der Waals surface area contributed by atoms with Crippen LogP contribution in [0.5, 0.6) is 0 Å². The van der Waals surface area contributed by atoms with Crippen LogP contribution in [0.4, 0.5) is 0 Å². The van der Waals surface area contributed by atoms with Gasteiger partial charge in [-0.2, -0.15) is 0 Å². The maximum atomic E-state index is 11.7. The van der Waals surface area contributed by atoms with Crippen LogP contribution >= 0.6 is 0 Å². The molecular weight excluding hydrogens is 210 g/mol.